The maximum absolute atomic E-state index is 5.04. The van der Waals surface area contributed by atoms with E-state index in [4.69, 9.17) is 9.26 Å². The first kappa shape index (κ1) is 9.21. The summed E-state index contributed by atoms with van der Waals surface area (Å²) in [5.74, 6) is 1.36. The zero-order chi connectivity index (χ0) is 9.97. The molecule has 0 unspecified atom stereocenters. The average molecular weight is 255 g/mol. The second-order valence-corrected chi connectivity index (χ2v) is 3.28. The molecule has 0 aliphatic heterocycles. The lowest BCUT2D eigenvalue weighted by Crippen LogP contribution is -1.83. The van der Waals surface area contributed by atoms with E-state index in [9.17, 15) is 0 Å². The first-order valence-electron chi connectivity index (χ1n) is 3.93. The number of nitrogens with zero attached hydrogens (tertiary/aromatic N) is 2. The van der Waals surface area contributed by atoms with Crippen LogP contribution in [0.5, 0.6) is 5.75 Å². The van der Waals surface area contributed by atoms with Crippen LogP contribution in [0.1, 0.15) is 0 Å². The molecule has 0 saturated carbocycles. The van der Waals surface area contributed by atoms with Gasteiger partial charge in [-0.25, -0.2) is 0 Å². The minimum Gasteiger partial charge on any atom is -0.497 e. The highest BCUT2D eigenvalue weighted by molar-refractivity contribution is 9.10. The molecule has 0 spiro atoms. The molecule has 0 bridgehead atoms. The third-order valence-electron chi connectivity index (χ3n) is 1.75. The minimum atomic E-state index is 0.378. The van der Waals surface area contributed by atoms with Gasteiger partial charge in [-0.15, -0.1) is 0 Å². The quantitative estimate of drug-likeness (QED) is 0.827. The van der Waals surface area contributed by atoms with Crippen LogP contribution in [0.15, 0.2) is 33.6 Å². The van der Waals surface area contributed by atoms with Crippen molar-refractivity contribution in [3.63, 3.8) is 0 Å². The Balaban J connectivity index is 2.33. The van der Waals surface area contributed by atoms with Crippen molar-refractivity contribution in [2.45, 2.75) is 0 Å². The SMILES string of the molecule is COc1ccc(-c2noc(Br)n2)cc1. The van der Waals surface area contributed by atoms with Crippen LogP contribution in [-0.2, 0) is 0 Å². The fraction of sp³-hybridized carbons (Fsp3) is 0.111. The summed E-state index contributed by atoms with van der Waals surface area (Å²) in [7, 11) is 1.62. The van der Waals surface area contributed by atoms with Gasteiger partial charge in [-0.3, -0.25) is 0 Å². The molecule has 1 aromatic heterocycles. The smallest absolute Gasteiger partial charge is 0.294 e. The standard InChI is InChI=1S/C9H7BrN2O2/c1-13-7-4-2-6(3-5-7)8-11-9(10)14-12-8/h2-5H,1H3. The van der Waals surface area contributed by atoms with E-state index in [1.807, 2.05) is 24.3 Å². The van der Waals surface area contributed by atoms with E-state index in [2.05, 4.69) is 26.1 Å². The Bertz CT molecular complexity index is 425. The lowest BCUT2D eigenvalue weighted by atomic mass is 10.2. The molecule has 0 aliphatic rings. The van der Waals surface area contributed by atoms with Gasteiger partial charge in [0.1, 0.15) is 5.75 Å². The van der Waals surface area contributed by atoms with Crippen molar-refractivity contribution in [3.8, 4) is 17.1 Å². The van der Waals surface area contributed by atoms with Gasteiger partial charge in [-0.2, -0.15) is 4.98 Å². The zero-order valence-electron chi connectivity index (χ0n) is 7.40. The molecule has 72 valence electrons. The van der Waals surface area contributed by atoms with Crippen molar-refractivity contribution < 1.29 is 9.26 Å². The summed E-state index contributed by atoms with van der Waals surface area (Å²) in [6, 6.07) is 7.44. The predicted molar refractivity (Wildman–Crippen MR) is 54.0 cm³/mol. The molecule has 2 rings (SSSR count). The van der Waals surface area contributed by atoms with E-state index in [0.29, 0.717) is 10.6 Å². The molecule has 2 aromatic rings. The Morgan fingerprint density at radius 3 is 2.50 bits per heavy atom. The van der Waals surface area contributed by atoms with Gasteiger partial charge in [0.15, 0.2) is 0 Å². The van der Waals surface area contributed by atoms with E-state index in [1.165, 1.54) is 0 Å². The van der Waals surface area contributed by atoms with Crippen molar-refractivity contribution in [1.82, 2.24) is 10.1 Å². The van der Waals surface area contributed by atoms with Crippen molar-refractivity contribution >= 4 is 15.9 Å². The number of aromatic nitrogens is 2. The van der Waals surface area contributed by atoms with Crippen molar-refractivity contribution in [2.24, 2.45) is 0 Å². The molecule has 0 saturated heterocycles. The average Bonchev–Trinajstić information content (AvgIpc) is 2.65. The lowest BCUT2D eigenvalue weighted by Gasteiger charge is -1.98. The number of rotatable bonds is 2. The van der Waals surface area contributed by atoms with Crippen LogP contribution in [0.3, 0.4) is 0 Å². The largest absolute Gasteiger partial charge is 0.497 e. The summed E-state index contributed by atoms with van der Waals surface area (Å²) in [4.78, 5) is 4.41. The second kappa shape index (κ2) is 3.79. The van der Waals surface area contributed by atoms with Crippen LogP contribution in [0, 0.1) is 0 Å². The maximum atomic E-state index is 5.04. The molecule has 14 heavy (non-hydrogen) atoms. The van der Waals surface area contributed by atoms with Gasteiger partial charge in [0, 0.05) is 21.5 Å². The monoisotopic (exact) mass is 254 g/mol. The van der Waals surface area contributed by atoms with Gasteiger partial charge < -0.3 is 9.26 Å². The van der Waals surface area contributed by atoms with E-state index in [0.717, 1.165) is 11.3 Å². The first-order valence-corrected chi connectivity index (χ1v) is 4.72. The number of hydrogen-bond donors (Lipinski definition) is 0. The number of hydrogen-bond acceptors (Lipinski definition) is 4. The van der Waals surface area contributed by atoms with Crippen molar-refractivity contribution in [2.75, 3.05) is 7.11 Å². The highest BCUT2D eigenvalue weighted by Gasteiger charge is 2.05. The Kier molecular flexibility index (Phi) is 2.49. The van der Waals surface area contributed by atoms with E-state index >= 15 is 0 Å². The summed E-state index contributed by atoms with van der Waals surface area (Å²) in [5, 5.41) is 3.77. The fourth-order valence-corrected chi connectivity index (χ4v) is 1.30. The Morgan fingerprint density at radius 2 is 2.00 bits per heavy atom. The van der Waals surface area contributed by atoms with Crippen LogP contribution in [0.4, 0.5) is 0 Å². The summed E-state index contributed by atoms with van der Waals surface area (Å²) < 4.78 is 9.84. The third kappa shape index (κ3) is 1.77. The van der Waals surface area contributed by atoms with Crippen LogP contribution < -0.4 is 4.74 Å². The Hall–Kier alpha value is -1.36. The lowest BCUT2D eigenvalue weighted by molar-refractivity contribution is 0.397. The molecule has 5 heteroatoms. The number of halogens is 1. The summed E-state index contributed by atoms with van der Waals surface area (Å²) in [5.41, 5.74) is 0.889. The molecular formula is C9H7BrN2O2. The van der Waals surface area contributed by atoms with Gasteiger partial charge in [0.25, 0.3) is 4.80 Å². The maximum Gasteiger partial charge on any atom is 0.294 e. The number of methoxy groups -OCH3 is 1. The fourth-order valence-electron chi connectivity index (χ4n) is 1.06. The predicted octanol–water partition coefficient (Wildman–Crippen LogP) is 2.51. The molecular weight excluding hydrogens is 248 g/mol. The van der Waals surface area contributed by atoms with Gasteiger partial charge in [-0.1, -0.05) is 5.16 Å². The molecule has 1 aromatic carbocycles. The van der Waals surface area contributed by atoms with Crippen LogP contribution >= 0.6 is 15.9 Å². The highest BCUT2D eigenvalue weighted by atomic mass is 79.9. The molecule has 0 atom stereocenters. The van der Waals surface area contributed by atoms with Crippen molar-refractivity contribution in [3.05, 3.63) is 29.1 Å². The van der Waals surface area contributed by atoms with Gasteiger partial charge in [0.2, 0.25) is 5.82 Å². The first-order chi connectivity index (χ1) is 6.79. The zero-order valence-corrected chi connectivity index (χ0v) is 8.98. The Labute approximate surface area is 89.0 Å². The van der Waals surface area contributed by atoms with Gasteiger partial charge >= 0.3 is 0 Å². The normalized spacial score (nSPS) is 10.1. The van der Waals surface area contributed by atoms with E-state index in [1.54, 1.807) is 7.11 Å². The molecule has 4 nitrogen and oxygen atoms in total. The number of ether oxygens (including phenoxy) is 1. The summed E-state index contributed by atoms with van der Waals surface area (Å²) in [6.07, 6.45) is 0. The molecule has 0 N–H and O–H groups in total. The van der Waals surface area contributed by atoms with Crippen LogP contribution in [-0.4, -0.2) is 17.3 Å². The molecule has 0 amide bonds. The summed E-state index contributed by atoms with van der Waals surface area (Å²) >= 11 is 3.09. The second-order valence-electron chi connectivity index (χ2n) is 2.60. The van der Waals surface area contributed by atoms with Crippen LogP contribution in [0.25, 0.3) is 11.4 Å². The minimum absolute atomic E-state index is 0.378. The Morgan fingerprint density at radius 1 is 1.29 bits per heavy atom. The molecule has 1 heterocycles. The third-order valence-corrected chi connectivity index (χ3v) is 2.07. The molecule has 0 aliphatic carbocycles. The highest BCUT2D eigenvalue weighted by Crippen LogP contribution is 2.20. The van der Waals surface area contributed by atoms with Gasteiger partial charge in [-0.05, 0) is 24.3 Å². The van der Waals surface area contributed by atoms with Crippen LogP contribution in [0.2, 0.25) is 0 Å². The van der Waals surface area contributed by atoms with E-state index in [-0.39, 0.29) is 0 Å². The topological polar surface area (TPSA) is 48.2 Å². The summed E-state index contributed by atoms with van der Waals surface area (Å²) in [6.45, 7) is 0. The molecule has 0 fully saturated rings. The molecule has 0 radical (unpaired) electrons. The van der Waals surface area contributed by atoms with Gasteiger partial charge in [0.05, 0.1) is 7.11 Å². The van der Waals surface area contributed by atoms with E-state index < -0.39 is 0 Å². The van der Waals surface area contributed by atoms with Crippen molar-refractivity contribution in [1.29, 1.82) is 0 Å². The number of benzene rings is 1.